The summed E-state index contributed by atoms with van der Waals surface area (Å²) in [5, 5.41) is 3.67. The van der Waals surface area contributed by atoms with E-state index in [1.165, 1.54) is 0 Å². The number of para-hydroxylation sites is 1. The number of pyridine rings is 2. The van der Waals surface area contributed by atoms with Crippen LogP contribution in [-0.2, 0) is 0 Å². The Balaban J connectivity index is 1.97. The minimum Gasteiger partial charge on any atom is -0.306 e. The number of nitrogens with one attached hydrogen (secondary N) is 1. The molecule has 21 heavy (non-hydrogen) atoms. The molecule has 4 nitrogen and oxygen atoms in total. The molecule has 0 aliphatic carbocycles. The summed E-state index contributed by atoms with van der Waals surface area (Å²) in [5.41, 5.74) is 2.28. The number of carbonyl (C=O) groups is 1. The number of hydrogen-bond acceptors (Lipinski definition) is 3. The molecule has 5 heteroatoms. The molecule has 1 aromatic carbocycles. The third kappa shape index (κ3) is 2.78. The Hall–Kier alpha value is -2.27. The topological polar surface area (TPSA) is 54.9 Å². The van der Waals surface area contributed by atoms with E-state index >= 15 is 0 Å². The van der Waals surface area contributed by atoms with Gasteiger partial charge in [0.1, 0.15) is 5.82 Å². The maximum Gasteiger partial charge on any atom is 0.257 e. The average Bonchev–Trinajstić information content (AvgIpc) is 2.49. The zero-order valence-corrected chi connectivity index (χ0v) is 12.9. The number of aryl methyl sites for hydroxylation is 1. The third-order valence-electron chi connectivity index (χ3n) is 3.17. The first-order chi connectivity index (χ1) is 10.1. The van der Waals surface area contributed by atoms with Gasteiger partial charge in [-0.1, -0.05) is 18.2 Å². The van der Waals surface area contributed by atoms with Gasteiger partial charge >= 0.3 is 0 Å². The SMILES string of the molecule is Cc1cc(Br)cnc1NC(=O)c1ccnc2ccccc12. The van der Waals surface area contributed by atoms with Gasteiger partial charge < -0.3 is 5.32 Å². The first-order valence-electron chi connectivity index (χ1n) is 6.42. The van der Waals surface area contributed by atoms with Crippen LogP contribution >= 0.6 is 15.9 Å². The number of carbonyl (C=O) groups excluding carboxylic acids is 1. The minimum absolute atomic E-state index is 0.188. The highest BCUT2D eigenvalue weighted by Crippen LogP contribution is 2.20. The molecule has 0 saturated heterocycles. The van der Waals surface area contributed by atoms with E-state index in [0.29, 0.717) is 11.4 Å². The zero-order valence-electron chi connectivity index (χ0n) is 11.3. The molecule has 0 bridgehead atoms. The van der Waals surface area contributed by atoms with Crippen LogP contribution in [0.1, 0.15) is 15.9 Å². The molecule has 3 aromatic rings. The largest absolute Gasteiger partial charge is 0.306 e. The Morgan fingerprint density at radius 1 is 1.19 bits per heavy atom. The fourth-order valence-electron chi connectivity index (χ4n) is 2.14. The number of halogens is 1. The number of hydrogen-bond donors (Lipinski definition) is 1. The fraction of sp³-hybridized carbons (Fsp3) is 0.0625. The predicted octanol–water partition coefficient (Wildman–Crippen LogP) is 3.95. The van der Waals surface area contributed by atoms with E-state index in [1.807, 2.05) is 37.3 Å². The van der Waals surface area contributed by atoms with Crippen molar-refractivity contribution < 1.29 is 4.79 Å². The lowest BCUT2D eigenvalue weighted by Gasteiger charge is -2.09. The Morgan fingerprint density at radius 3 is 2.81 bits per heavy atom. The highest BCUT2D eigenvalue weighted by atomic mass is 79.9. The molecule has 104 valence electrons. The average molecular weight is 342 g/mol. The first-order valence-corrected chi connectivity index (χ1v) is 7.22. The zero-order chi connectivity index (χ0) is 14.8. The van der Waals surface area contributed by atoms with Crippen LogP contribution in [0.15, 0.2) is 53.3 Å². The van der Waals surface area contributed by atoms with Crippen LogP contribution in [0.2, 0.25) is 0 Å². The first kappa shape index (κ1) is 13.7. The molecule has 2 aromatic heterocycles. The number of benzene rings is 1. The lowest BCUT2D eigenvalue weighted by atomic mass is 10.1. The van der Waals surface area contributed by atoms with E-state index in [9.17, 15) is 4.79 Å². The molecule has 1 N–H and O–H groups in total. The van der Waals surface area contributed by atoms with Crippen molar-refractivity contribution >= 4 is 38.6 Å². The summed E-state index contributed by atoms with van der Waals surface area (Å²) < 4.78 is 0.882. The highest BCUT2D eigenvalue weighted by Gasteiger charge is 2.12. The van der Waals surface area contributed by atoms with Crippen molar-refractivity contribution in [1.82, 2.24) is 9.97 Å². The Kier molecular flexibility index (Phi) is 3.66. The molecule has 2 heterocycles. The normalized spacial score (nSPS) is 10.6. The molecule has 0 atom stereocenters. The summed E-state index contributed by atoms with van der Waals surface area (Å²) in [5.74, 6) is 0.371. The summed E-state index contributed by atoms with van der Waals surface area (Å²) in [6, 6.07) is 11.2. The van der Waals surface area contributed by atoms with Crippen molar-refractivity contribution in [3.8, 4) is 0 Å². The summed E-state index contributed by atoms with van der Waals surface area (Å²) in [4.78, 5) is 21.0. The van der Waals surface area contributed by atoms with Crippen LogP contribution < -0.4 is 5.32 Å². The number of anilines is 1. The van der Waals surface area contributed by atoms with E-state index in [4.69, 9.17) is 0 Å². The van der Waals surface area contributed by atoms with Gasteiger partial charge in [0, 0.05) is 22.3 Å². The molecule has 0 radical (unpaired) electrons. The molecule has 0 aliphatic heterocycles. The second-order valence-corrected chi connectivity index (χ2v) is 5.56. The van der Waals surface area contributed by atoms with Crippen LogP contribution in [0.3, 0.4) is 0 Å². The summed E-state index contributed by atoms with van der Waals surface area (Å²) >= 11 is 3.36. The van der Waals surface area contributed by atoms with Crippen molar-refractivity contribution in [2.45, 2.75) is 6.92 Å². The Bertz CT molecular complexity index is 827. The molecular formula is C16H12BrN3O. The van der Waals surface area contributed by atoms with Crippen LogP contribution in [0, 0.1) is 6.92 Å². The van der Waals surface area contributed by atoms with Gasteiger partial charge in [-0.25, -0.2) is 4.98 Å². The molecular weight excluding hydrogens is 330 g/mol. The van der Waals surface area contributed by atoms with Gasteiger partial charge in [-0.3, -0.25) is 9.78 Å². The number of amides is 1. The molecule has 0 aliphatic rings. The second kappa shape index (κ2) is 5.61. The molecule has 0 fully saturated rings. The fourth-order valence-corrected chi connectivity index (χ4v) is 2.59. The van der Waals surface area contributed by atoms with Crippen LogP contribution in [0.4, 0.5) is 5.82 Å². The van der Waals surface area contributed by atoms with Crippen LogP contribution in [0.5, 0.6) is 0 Å². The molecule has 0 spiro atoms. The second-order valence-electron chi connectivity index (χ2n) is 4.65. The Morgan fingerprint density at radius 2 is 2.00 bits per heavy atom. The maximum absolute atomic E-state index is 12.5. The lowest BCUT2D eigenvalue weighted by molar-refractivity contribution is 0.102. The number of fused-ring (bicyclic) bond motifs is 1. The lowest BCUT2D eigenvalue weighted by Crippen LogP contribution is -2.14. The van der Waals surface area contributed by atoms with Gasteiger partial charge in [-0.15, -0.1) is 0 Å². The van der Waals surface area contributed by atoms with Gasteiger partial charge in [0.2, 0.25) is 0 Å². The van der Waals surface area contributed by atoms with Crippen LogP contribution in [-0.4, -0.2) is 15.9 Å². The van der Waals surface area contributed by atoms with Gasteiger partial charge in [-0.05, 0) is 46.6 Å². The number of aromatic nitrogens is 2. The van der Waals surface area contributed by atoms with Gasteiger partial charge in [0.05, 0.1) is 11.1 Å². The highest BCUT2D eigenvalue weighted by molar-refractivity contribution is 9.10. The smallest absolute Gasteiger partial charge is 0.257 e. The Labute approximate surface area is 130 Å². The number of rotatable bonds is 2. The van der Waals surface area contributed by atoms with Crippen molar-refractivity contribution in [3.05, 3.63) is 64.4 Å². The summed E-state index contributed by atoms with van der Waals surface area (Å²) in [7, 11) is 0. The third-order valence-corrected chi connectivity index (χ3v) is 3.60. The molecule has 3 rings (SSSR count). The number of nitrogens with zero attached hydrogens (tertiary/aromatic N) is 2. The van der Waals surface area contributed by atoms with Crippen molar-refractivity contribution in [2.75, 3.05) is 5.32 Å². The van der Waals surface area contributed by atoms with E-state index in [0.717, 1.165) is 20.9 Å². The summed E-state index contributed by atoms with van der Waals surface area (Å²) in [6.07, 6.45) is 3.30. The molecule has 0 saturated carbocycles. The van der Waals surface area contributed by atoms with Gasteiger partial charge in [-0.2, -0.15) is 0 Å². The quantitative estimate of drug-likeness (QED) is 0.767. The van der Waals surface area contributed by atoms with E-state index < -0.39 is 0 Å². The van der Waals surface area contributed by atoms with E-state index in [-0.39, 0.29) is 5.91 Å². The van der Waals surface area contributed by atoms with Crippen molar-refractivity contribution in [3.63, 3.8) is 0 Å². The van der Waals surface area contributed by atoms with E-state index in [1.54, 1.807) is 18.5 Å². The van der Waals surface area contributed by atoms with Crippen molar-refractivity contribution in [1.29, 1.82) is 0 Å². The maximum atomic E-state index is 12.5. The molecule has 1 amide bonds. The van der Waals surface area contributed by atoms with Crippen LogP contribution in [0.25, 0.3) is 10.9 Å². The monoisotopic (exact) mass is 341 g/mol. The predicted molar refractivity (Wildman–Crippen MR) is 86.4 cm³/mol. The van der Waals surface area contributed by atoms with Crippen molar-refractivity contribution in [2.24, 2.45) is 0 Å². The van der Waals surface area contributed by atoms with Gasteiger partial charge in [0.25, 0.3) is 5.91 Å². The molecule has 0 unspecified atom stereocenters. The van der Waals surface area contributed by atoms with E-state index in [2.05, 4.69) is 31.2 Å². The standard InChI is InChI=1S/C16H12BrN3O/c1-10-8-11(17)9-19-15(10)20-16(21)13-6-7-18-14-5-3-2-4-12(13)14/h2-9H,1H3,(H,19,20,21). The van der Waals surface area contributed by atoms with Gasteiger partial charge in [0.15, 0.2) is 0 Å². The summed E-state index contributed by atoms with van der Waals surface area (Å²) in [6.45, 7) is 1.90. The minimum atomic E-state index is -0.188.